The minimum atomic E-state index is 0.00992. The number of benzene rings is 2. The number of carbonyl (C=O) groups excluding carboxylic acids is 2. The summed E-state index contributed by atoms with van der Waals surface area (Å²) in [7, 11) is 0. The monoisotopic (exact) mass is 422 g/mol. The lowest BCUT2D eigenvalue weighted by Gasteiger charge is -2.29. The summed E-state index contributed by atoms with van der Waals surface area (Å²) in [5.41, 5.74) is 3.15. The van der Waals surface area contributed by atoms with Crippen LogP contribution < -0.4 is 5.32 Å². The van der Waals surface area contributed by atoms with E-state index < -0.39 is 0 Å². The molecule has 4 rings (SSSR count). The first-order valence-corrected chi connectivity index (χ1v) is 11.5. The maximum atomic E-state index is 12.6. The van der Waals surface area contributed by atoms with Crippen molar-refractivity contribution >= 4 is 40.6 Å². The van der Waals surface area contributed by atoms with Gasteiger partial charge in [-0.05, 0) is 53.3 Å². The van der Waals surface area contributed by atoms with Crippen molar-refractivity contribution in [3.05, 3.63) is 82.0 Å². The van der Waals surface area contributed by atoms with Gasteiger partial charge in [-0.15, -0.1) is 23.1 Å². The number of nitrogens with one attached hydrogen (secondary N) is 1. The predicted octanol–water partition coefficient (Wildman–Crippen LogP) is 5.07. The van der Waals surface area contributed by atoms with E-state index in [0.29, 0.717) is 13.0 Å². The van der Waals surface area contributed by atoms with Gasteiger partial charge >= 0.3 is 0 Å². The number of carbonyl (C=O) groups is 2. The normalized spacial score (nSPS) is 13.0. The zero-order valence-electron chi connectivity index (χ0n) is 16.0. The highest BCUT2D eigenvalue weighted by Crippen LogP contribution is 2.25. The average Bonchev–Trinajstić information content (AvgIpc) is 3.28. The third kappa shape index (κ3) is 5.08. The van der Waals surface area contributed by atoms with Crippen LogP contribution in [0.4, 0.5) is 5.69 Å². The summed E-state index contributed by atoms with van der Waals surface area (Å²) in [5.74, 6) is 0.831. The van der Waals surface area contributed by atoms with Crippen LogP contribution in [0.5, 0.6) is 0 Å². The van der Waals surface area contributed by atoms with E-state index in [0.717, 1.165) is 34.8 Å². The van der Waals surface area contributed by atoms with Crippen molar-refractivity contribution in [3.8, 4) is 0 Å². The minimum absolute atomic E-state index is 0.00992. The smallest absolute Gasteiger partial charge is 0.264 e. The number of thioether (sulfide) groups is 1. The largest absolute Gasteiger partial charge is 0.333 e. The van der Waals surface area contributed by atoms with Crippen LogP contribution in [0.3, 0.4) is 0 Å². The Morgan fingerprint density at radius 1 is 1.03 bits per heavy atom. The van der Waals surface area contributed by atoms with Crippen LogP contribution in [-0.2, 0) is 17.8 Å². The molecule has 3 aromatic rings. The van der Waals surface area contributed by atoms with Crippen LogP contribution in [0.15, 0.2) is 70.9 Å². The van der Waals surface area contributed by atoms with Crippen molar-refractivity contribution in [1.82, 2.24) is 4.90 Å². The number of hydrogen-bond donors (Lipinski definition) is 1. The molecule has 0 aliphatic carbocycles. The summed E-state index contributed by atoms with van der Waals surface area (Å²) < 4.78 is 0. The fourth-order valence-electron chi connectivity index (χ4n) is 3.37. The molecule has 0 unspecified atom stereocenters. The van der Waals surface area contributed by atoms with Crippen molar-refractivity contribution < 1.29 is 9.59 Å². The number of amides is 2. The fraction of sp³-hybridized carbons (Fsp3) is 0.217. The average molecular weight is 423 g/mol. The quantitative estimate of drug-likeness (QED) is 0.565. The second-order valence-electron chi connectivity index (χ2n) is 6.90. The van der Waals surface area contributed by atoms with Crippen LogP contribution >= 0.6 is 23.1 Å². The molecule has 0 radical (unpaired) electrons. The molecule has 0 saturated heterocycles. The zero-order chi connectivity index (χ0) is 20.1. The van der Waals surface area contributed by atoms with Gasteiger partial charge in [0, 0.05) is 35.8 Å². The highest BCUT2D eigenvalue weighted by atomic mass is 32.2. The molecule has 0 bridgehead atoms. The molecule has 2 aromatic carbocycles. The highest BCUT2D eigenvalue weighted by Gasteiger charge is 2.22. The van der Waals surface area contributed by atoms with Crippen LogP contribution in [0.2, 0.25) is 0 Å². The van der Waals surface area contributed by atoms with Crippen molar-refractivity contribution in [2.75, 3.05) is 17.6 Å². The Kier molecular flexibility index (Phi) is 6.32. The lowest BCUT2D eigenvalue weighted by Crippen LogP contribution is -2.35. The van der Waals surface area contributed by atoms with E-state index in [9.17, 15) is 9.59 Å². The van der Waals surface area contributed by atoms with Gasteiger partial charge in [0.25, 0.3) is 5.91 Å². The molecule has 1 aliphatic heterocycles. The summed E-state index contributed by atoms with van der Waals surface area (Å²) in [6.45, 7) is 1.31. The SMILES string of the molecule is O=C(CCSc1ccccc1)Nc1ccc2c(c1)CN(C(=O)c1cccs1)CC2. The first-order valence-electron chi connectivity index (χ1n) is 9.61. The lowest BCUT2D eigenvalue weighted by atomic mass is 9.99. The Bertz CT molecular complexity index is 987. The van der Waals surface area contributed by atoms with Crippen LogP contribution in [0.1, 0.15) is 27.2 Å². The number of nitrogens with zero attached hydrogens (tertiary/aromatic N) is 1. The predicted molar refractivity (Wildman–Crippen MR) is 120 cm³/mol. The molecule has 1 aliphatic rings. The summed E-state index contributed by atoms with van der Waals surface area (Å²) in [6, 6.07) is 19.9. The molecule has 4 nitrogen and oxygen atoms in total. The zero-order valence-corrected chi connectivity index (χ0v) is 17.6. The van der Waals surface area contributed by atoms with Crippen LogP contribution in [0, 0.1) is 0 Å². The molecule has 6 heteroatoms. The van der Waals surface area contributed by atoms with E-state index in [1.54, 1.807) is 11.8 Å². The molecule has 0 fully saturated rings. The van der Waals surface area contributed by atoms with Gasteiger partial charge in [0.05, 0.1) is 4.88 Å². The number of fused-ring (bicyclic) bond motifs is 1. The lowest BCUT2D eigenvalue weighted by molar-refractivity contribution is -0.115. The summed E-state index contributed by atoms with van der Waals surface area (Å²) >= 11 is 3.15. The Morgan fingerprint density at radius 3 is 2.69 bits per heavy atom. The number of rotatable bonds is 6. The van der Waals surface area contributed by atoms with Gasteiger partial charge in [-0.3, -0.25) is 9.59 Å². The summed E-state index contributed by atoms with van der Waals surface area (Å²) in [4.78, 5) is 28.8. The molecule has 1 aromatic heterocycles. The van der Waals surface area contributed by atoms with Gasteiger partial charge in [-0.1, -0.05) is 30.3 Å². The molecule has 0 saturated carbocycles. The van der Waals surface area contributed by atoms with Crippen LogP contribution in [-0.4, -0.2) is 29.0 Å². The summed E-state index contributed by atoms with van der Waals surface area (Å²) in [5, 5.41) is 4.92. The first-order chi connectivity index (χ1) is 14.2. The van der Waals surface area contributed by atoms with Crippen molar-refractivity contribution in [2.24, 2.45) is 0 Å². The maximum absolute atomic E-state index is 12.6. The van der Waals surface area contributed by atoms with E-state index in [-0.39, 0.29) is 11.8 Å². The molecule has 0 atom stereocenters. The van der Waals surface area contributed by atoms with Crippen molar-refractivity contribution in [1.29, 1.82) is 0 Å². The van der Waals surface area contributed by atoms with Gasteiger partial charge < -0.3 is 10.2 Å². The minimum Gasteiger partial charge on any atom is -0.333 e. The summed E-state index contributed by atoms with van der Waals surface area (Å²) in [6.07, 6.45) is 1.30. The molecule has 1 N–H and O–H groups in total. The van der Waals surface area contributed by atoms with Gasteiger partial charge in [-0.2, -0.15) is 0 Å². The van der Waals surface area contributed by atoms with Crippen molar-refractivity contribution in [3.63, 3.8) is 0 Å². The van der Waals surface area contributed by atoms with Gasteiger partial charge in [0.2, 0.25) is 5.91 Å². The molecular weight excluding hydrogens is 400 g/mol. The number of thiophene rings is 1. The molecular formula is C23H22N2O2S2. The van der Waals surface area contributed by atoms with E-state index in [1.165, 1.54) is 21.8 Å². The van der Waals surface area contributed by atoms with Gasteiger partial charge in [0.15, 0.2) is 0 Å². The van der Waals surface area contributed by atoms with E-state index in [4.69, 9.17) is 0 Å². The Labute approximate surface area is 178 Å². The van der Waals surface area contributed by atoms with Gasteiger partial charge in [0.1, 0.15) is 0 Å². The Morgan fingerprint density at radius 2 is 1.90 bits per heavy atom. The van der Waals surface area contributed by atoms with Gasteiger partial charge in [-0.25, -0.2) is 0 Å². The van der Waals surface area contributed by atoms with Crippen molar-refractivity contribution in [2.45, 2.75) is 24.3 Å². The van der Waals surface area contributed by atoms with Crippen LogP contribution in [0.25, 0.3) is 0 Å². The standard InChI is InChI=1S/C23H22N2O2S2/c26-22(11-14-28-20-5-2-1-3-6-20)24-19-9-8-17-10-12-25(16-18(17)15-19)23(27)21-7-4-13-29-21/h1-9,13,15H,10-12,14,16H2,(H,24,26). The third-order valence-electron chi connectivity index (χ3n) is 4.86. The van der Waals surface area contributed by atoms with E-state index in [1.807, 2.05) is 52.7 Å². The second kappa shape index (κ2) is 9.29. The highest BCUT2D eigenvalue weighted by molar-refractivity contribution is 7.99. The number of hydrogen-bond acceptors (Lipinski definition) is 4. The van der Waals surface area contributed by atoms with E-state index in [2.05, 4.69) is 23.5 Å². The Balaban J connectivity index is 1.33. The third-order valence-corrected chi connectivity index (χ3v) is 6.73. The molecule has 2 heterocycles. The molecule has 148 valence electrons. The fourth-order valence-corrected chi connectivity index (χ4v) is 4.93. The molecule has 29 heavy (non-hydrogen) atoms. The maximum Gasteiger partial charge on any atom is 0.264 e. The number of anilines is 1. The molecule has 2 amide bonds. The molecule has 0 spiro atoms. The topological polar surface area (TPSA) is 49.4 Å². The van der Waals surface area contributed by atoms with E-state index >= 15 is 0 Å². The first kappa shape index (κ1) is 19.7. The Hall–Kier alpha value is -2.57. The second-order valence-corrected chi connectivity index (χ2v) is 9.01.